The number of likely N-dealkylation sites (tertiary alicyclic amines) is 1. The third kappa shape index (κ3) is 2.07. The van der Waals surface area contributed by atoms with E-state index in [-0.39, 0.29) is 0 Å². The van der Waals surface area contributed by atoms with E-state index in [1.807, 2.05) is 0 Å². The molecule has 2 aliphatic rings. The largest absolute Gasteiger partial charge is 0.294 e. The van der Waals surface area contributed by atoms with Crippen LogP contribution in [0.5, 0.6) is 0 Å². The fourth-order valence-electron chi connectivity index (χ4n) is 3.03. The van der Waals surface area contributed by atoms with Gasteiger partial charge in [-0.25, -0.2) is 0 Å². The van der Waals surface area contributed by atoms with Gasteiger partial charge < -0.3 is 0 Å². The molecule has 1 heteroatoms. The minimum atomic E-state index is 0.926. The van der Waals surface area contributed by atoms with Gasteiger partial charge in [-0.05, 0) is 25.2 Å². The molecule has 2 rings (SSSR count). The lowest BCUT2D eigenvalue weighted by molar-refractivity contribution is 0.371. The molecule has 1 aliphatic carbocycles. The smallest absolute Gasteiger partial charge is 0.0255 e. The van der Waals surface area contributed by atoms with Crippen molar-refractivity contribution in [3.8, 4) is 0 Å². The number of hydrogen-bond donors (Lipinski definition) is 0. The zero-order valence-corrected chi connectivity index (χ0v) is 9.13. The molecule has 1 nitrogen and oxygen atoms in total. The van der Waals surface area contributed by atoms with Gasteiger partial charge in [-0.2, -0.15) is 0 Å². The van der Waals surface area contributed by atoms with Crippen molar-refractivity contribution in [2.75, 3.05) is 6.54 Å². The van der Waals surface area contributed by atoms with Crippen LogP contribution in [0.15, 0.2) is 0 Å². The Morgan fingerprint density at radius 3 is 2.38 bits per heavy atom. The Hall–Kier alpha value is -0.0400. The summed E-state index contributed by atoms with van der Waals surface area (Å²) >= 11 is 0. The van der Waals surface area contributed by atoms with Gasteiger partial charge in [0.25, 0.3) is 0 Å². The SMILES string of the molecule is CCCC(C)CN1C2CCCCC21. The zero-order valence-electron chi connectivity index (χ0n) is 9.13. The van der Waals surface area contributed by atoms with Crippen molar-refractivity contribution in [1.29, 1.82) is 0 Å². The van der Waals surface area contributed by atoms with Crippen molar-refractivity contribution in [1.82, 2.24) is 4.90 Å². The Kier molecular flexibility index (Phi) is 2.92. The van der Waals surface area contributed by atoms with Gasteiger partial charge in [0.1, 0.15) is 0 Å². The second-order valence-electron chi connectivity index (χ2n) is 5.01. The van der Waals surface area contributed by atoms with Gasteiger partial charge in [0.05, 0.1) is 0 Å². The molecule has 3 atom stereocenters. The maximum atomic E-state index is 2.76. The first kappa shape index (κ1) is 9.51. The van der Waals surface area contributed by atoms with E-state index in [4.69, 9.17) is 0 Å². The van der Waals surface area contributed by atoms with E-state index in [0.717, 1.165) is 18.0 Å². The van der Waals surface area contributed by atoms with Crippen LogP contribution in [0.2, 0.25) is 0 Å². The molecule has 2 fully saturated rings. The summed E-state index contributed by atoms with van der Waals surface area (Å²) in [6.45, 7) is 6.09. The summed E-state index contributed by atoms with van der Waals surface area (Å²) in [4.78, 5) is 2.76. The average Bonchev–Trinajstić information content (AvgIpc) is 2.80. The first-order chi connectivity index (χ1) is 6.33. The summed E-state index contributed by atoms with van der Waals surface area (Å²) in [6.07, 6.45) is 8.72. The summed E-state index contributed by atoms with van der Waals surface area (Å²) in [7, 11) is 0. The predicted molar refractivity (Wildman–Crippen MR) is 56.8 cm³/mol. The summed E-state index contributed by atoms with van der Waals surface area (Å²) in [6, 6.07) is 2.01. The van der Waals surface area contributed by atoms with Crippen LogP contribution in [-0.4, -0.2) is 23.5 Å². The number of rotatable bonds is 4. The topological polar surface area (TPSA) is 3.01 Å². The molecule has 0 radical (unpaired) electrons. The molecular weight excluding hydrogens is 158 g/mol. The van der Waals surface area contributed by atoms with Gasteiger partial charge in [0.15, 0.2) is 0 Å². The van der Waals surface area contributed by atoms with Crippen molar-refractivity contribution >= 4 is 0 Å². The third-order valence-corrected chi connectivity index (χ3v) is 3.76. The normalized spacial score (nSPS) is 39.7. The van der Waals surface area contributed by atoms with Crippen molar-refractivity contribution < 1.29 is 0 Å². The van der Waals surface area contributed by atoms with Gasteiger partial charge >= 0.3 is 0 Å². The van der Waals surface area contributed by atoms with E-state index >= 15 is 0 Å². The molecule has 1 saturated heterocycles. The maximum Gasteiger partial charge on any atom is 0.0255 e. The zero-order chi connectivity index (χ0) is 9.26. The maximum absolute atomic E-state index is 2.76. The molecule has 1 aliphatic heterocycles. The molecule has 3 unspecified atom stereocenters. The average molecular weight is 181 g/mol. The fraction of sp³-hybridized carbons (Fsp3) is 1.00. The Balaban J connectivity index is 1.72. The number of fused-ring (bicyclic) bond motifs is 1. The lowest BCUT2D eigenvalue weighted by Crippen LogP contribution is -2.13. The second kappa shape index (κ2) is 4.00. The monoisotopic (exact) mass is 181 g/mol. The van der Waals surface area contributed by atoms with Crippen molar-refractivity contribution in [2.45, 2.75) is 64.5 Å². The fourth-order valence-corrected chi connectivity index (χ4v) is 3.03. The minimum Gasteiger partial charge on any atom is -0.294 e. The van der Waals surface area contributed by atoms with Crippen LogP contribution < -0.4 is 0 Å². The summed E-state index contributed by atoms with van der Waals surface area (Å²) < 4.78 is 0. The van der Waals surface area contributed by atoms with Crippen LogP contribution in [0, 0.1) is 5.92 Å². The summed E-state index contributed by atoms with van der Waals surface area (Å²) in [5.41, 5.74) is 0. The molecule has 0 bridgehead atoms. The van der Waals surface area contributed by atoms with E-state index in [9.17, 15) is 0 Å². The van der Waals surface area contributed by atoms with Crippen molar-refractivity contribution in [2.24, 2.45) is 5.92 Å². The Morgan fingerprint density at radius 1 is 1.23 bits per heavy atom. The lowest BCUT2D eigenvalue weighted by atomic mass is 10.0. The van der Waals surface area contributed by atoms with Crippen LogP contribution in [0.25, 0.3) is 0 Å². The summed E-state index contributed by atoms with van der Waals surface area (Å²) in [5.74, 6) is 0.926. The highest BCUT2D eigenvalue weighted by molar-refractivity contribution is 5.04. The number of nitrogens with zero attached hydrogens (tertiary/aromatic N) is 1. The molecule has 0 aromatic rings. The Bertz CT molecular complexity index is 155. The van der Waals surface area contributed by atoms with E-state index in [1.54, 1.807) is 0 Å². The van der Waals surface area contributed by atoms with Crippen LogP contribution in [0.4, 0.5) is 0 Å². The number of hydrogen-bond acceptors (Lipinski definition) is 1. The van der Waals surface area contributed by atoms with Gasteiger partial charge in [-0.15, -0.1) is 0 Å². The van der Waals surface area contributed by atoms with Gasteiger partial charge in [-0.3, -0.25) is 4.90 Å². The molecule has 0 aromatic carbocycles. The molecular formula is C12H23N. The summed E-state index contributed by atoms with van der Waals surface area (Å²) in [5, 5.41) is 0. The predicted octanol–water partition coefficient (Wildman–Crippen LogP) is 3.05. The van der Waals surface area contributed by atoms with Gasteiger partial charge in [-0.1, -0.05) is 33.1 Å². The molecule has 1 heterocycles. The van der Waals surface area contributed by atoms with Crippen LogP contribution in [0.1, 0.15) is 52.4 Å². The standard InChI is InChI=1S/C12H23N/c1-3-6-10(2)9-13-11-7-4-5-8-12(11)13/h10-12H,3-9H2,1-2H3. The van der Waals surface area contributed by atoms with Crippen LogP contribution >= 0.6 is 0 Å². The minimum absolute atomic E-state index is 0.926. The highest BCUT2D eigenvalue weighted by Crippen LogP contribution is 2.40. The quantitative estimate of drug-likeness (QED) is 0.602. The Labute approximate surface area is 82.5 Å². The van der Waals surface area contributed by atoms with Crippen LogP contribution in [-0.2, 0) is 0 Å². The molecule has 13 heavy (non-hydrogen) atoms. The first-order valence-electron chi connectivity index (χ1n) is 6.08. The molecule has 1 saturated carbocycles. The lowest BCUT2D eigenvalue weighted by Gasteiger charge is -2.11. The van der Waals surface area contributed by atoms with Crippen molar-refractivity contribution in [3.63, 3.8) is 0 Å². The highest BCUT2D eigenvalue weighted by Gasteiger charge is 2.47. The molecule has 0 amide bonds. The molecule has 0 aromatic heterocycles. The van der Waals surface area contributed by atoms with Crippen molar-refractivity contribution in [3.05, 3.63) is 0 Å². The van der Waals surface area contributed by atoms with Crippen LogP contribution in [0.3, 0.4) is 0 Å². The highest BCUT2D eigenvalue weighted by atomic mass is 15.3. The van der Waals surface area contributed by atoms with E-state index in [2.05, 4.69) is 18.7 Å². The van der Waals surface area contributed by atoms with E-state index < -0.39 is 0 Å². The molecule has 0 N–H and O–H groups in total. The van der Waals surface area contributed by atoms with Gasteiger partial charge in [0, 0.05) is 18.6 Å². The third-order valence-electron chi connectivity index (χ3n) is 3.76. The molecule has 76 valence electrons. The Morgan fingerprint density at radius 2 is 1.85 bits per heavy atom. The van der Waals surface area contributed by atoms with Gasteiger partial charge in [0.2, 0.25) is 0 Å². The van der Waals surface area contributed by atoms with E-state index in [0.29, 0.717) is 0 Å². The second-order valence-corrected chi connectivity index (χ2v) is 5.01. The van der Waals surface area contributed by atoms with E-state index in [1.165, 1.54) is 45.1 Å². The first-order valence-corrected chi connectivity index (χ1v) is 6.08. The molecule has 0 spiro atoms.